The summed E-state index contributed by atoms with van der Waals surface area (Å²) in [5.74, 6) is 0. The molecular weight excluding hydrogens is 259 g/mol. The van der Waals surface area contributed by atoms with E-state index in [1.54, 1.807) is 30.3 Å². The summed E-state index contributed by atoms with van der Waals surface area (Å²) >= 11 is 0. The van der Waals surface area contributed by atoms with Crippen molar-refractivity contribution in [3.05, 3.63) is 46.8 Å². The van der Waals surface area contributed by atoms with Gasteiger partial charge in [-0.1, -0.05) is 30.3 Å². The Balaban J connectivity index is 2.52. The van der Waals surface area contributed by atoms with Gasteiger partial charge in [0.25, 0.3) is 5.56 Å². The lowest BCUT2D eigenvalue weighted by Gasteiger charge is -2.11. The lowest BCUT2D eigenvalue weighted by molar-refractivity contribution is -0.143. The molecule has 0 radical (unpaired) electrons. The van der Waals surface area contributed by atoms with Crippen LogP contribution in [0.4, 0.5) is 18.9 Å². The van der Waals surface area contributed by atoms with Crippen molar-refractivity contribution in [3.8, 4) is 11.3 Å². The predicted molar refractivity (Wildman–Crippen MR) is 64.4 cm³/mol. The molecule has 0 saturated carbocycles. The SMILES string of the molecule is Nc1cc(=O)n(CC(F)(F)F)nc1-c1ccccc1. The van der Waals surface area contributed by atoms with Gasteiger partial charge in [-0.15, -0.1) is 0 Å². The molecule has 2 aromatic rings. The van der Waals surface area contributed by atoms with Crippen LogP contribution in [0.3, 0.4) is 0 Å². The van der Waals surface area contributed by atoms with Crippen molar-refractivity contribution in [3.63, 3.8) is 0 Å². The molecule has 0 aliphatic heterocycles. The van der Waals surface area contributed by atoms with Crippen LogP contribution in [-0.2, 0) is 6.54 Å². The van der Waals surface area contributed by atoms with Crippen LogP contribution in [0, 0.1) is 0 Å². The monoisotopic (exact) mass is 269 g/mol. The molecule has 0 bridgehead atoms. The lowest BCUT2D eigenvalue weighted by atomic mass is 10.1. The highest BCUT2D eigenvalue weighted by atomic mass is 19.4. The van der Waals surface area contributed by atoms with Crippen LogP contribution in [0.1, 0.15) is 0 Å². The Bertz CT molecular complexity index is 635. The van der Waals surface area contributed by atoms with Gasteiger partial charge in [0.1, 0.15) is 12.2 Å². The summed E-state index contributed by atoms with van der Waals surface area (Å²) < 4.78 is 37.3. The fourth-order valence-electron chi connectivity index (χ4n) is 1.61. The smallest absolute Gasteiger partial charge is 0.397 e. The number of nitrogen functional groups attached to an aromatic ring is 1. The number of benzene rings is 1. The molecule has 0 atom stereocenters. The van der Waals surface area contributed by atoms with Gasteiger partial charge < -0.3 is 5.73 Å². The van der Waals surface area contributed by atoms with Gasteiger partial charge in [-0.25, -0.2) is 4.68 Å². The van der Waals surface area contributed by atoms with Gasteiger partial charge in [-0.2, -0.15) is 18.3 Å². The second-order valence-electron chi connectivity index (χ2n) is 3.93. The van der Waals surface area contributed by atoms with E-state index in [2.05, 4.69) is 5.10 Å². The first-order chi connectivity index (χ1) is 8.87. The van der Waals surface area contributed by atoms with E-state index in [9.17, 15) is 18.0 Å². The van der Waals surface area contributed by atoms with Crippen molar-refractivity contribution >= 4 is 5.69 Å². The number of hydrogen-bond donors (Lipinski definition) is 1. The van der Waals surface area contributed by atoms with E-state index in [0.29, 0.717) is 10.2 Å². The molecule has 4 nitrogen and oxygen atoms in total. The maximum Gasteiger partial charge on any atom is 0.408 e. The first kappa shape index (κ1) is 13.1. The molecule has 0 aliphatic carbocycles. The Morgan fingerprint density at radius 2 is 1.84 bits per heavy atom. The third-order valence-corrected chi connectivity index (χ3v) is 2.40. The van der Waals surface area contributed by atoms with Crippen molar-refractivity contribution in [2.45, 2.75) is 12.7 Å². The summed E-state index contributed by atoms with van der Waals surface area (Å²) in [7, 11) is 0. The van der Waals surface area contributed by atoms with Crippen LogP contribution < -0.4 is 11.3 Å². The molecule has 0 spiro atoms. The van der Waals surface area contributed by atoms with Crippen molar-refractivity contribution < 1.29 is 13.2 Å². The highest BCUT2D eigenvalue weighted by Gasteiger charge is 2.29. The summed E-state index contributed by atoms with van der Waals surface area (Å²) in [6.45, 7) is -1.44. The van der Waals surface area contributed by atoms with E-state index in [0.717, 1.165) is 6.07 Å². The third-order valence-electron chi connectivity index (χ3n) is 2.40. The number of alkyl halides is 3. The number of nitrogens with two attached hydrogens (primary N) is 1. The van der Waals surface area contributed by atoms with Gasteiger partial charge in [0.15, 0.2) is 0 Å². The van der Waals surface area contributed by atoms with Crippen molar-refractivity contribution in [2.24, 2.45) is 0 Å². The number of nitrogens with zero attached hydrogens (tertiary/aromatic N) is 2. The molecule has 0 fully saturated rings. The summed E-state index contributed by atoms with van der Waals surface area (Å²) in [6.07, 6.45) is -4.51. The number of anilines is 1. The van der Waals surface area contributed by atoms with E-state index < -0.39 is 18.3 Å². The molecular formula is C12H10F3N3O. The molecule has 7 heteroatoms. The quantitative estimate of drug-likeness (QED) is 0.907. The number of halogens is 3. The Hall–Kier alpha value is -2.31. The predicted octanol–water partition coefficient (Wildman–Crippen LogP) is 2.05. The van der Waals surface area contributed by atoms with E-state index in [4.69, 9.17) is 5.73 Å². The normalized spacial score (nSPS) is 11.5. The minimum absolute atomic E-state index is 0.0506. The first-order valence-corrected chi connectivity index (χ1v) is 5.36. The molecule has 0 saturated heterocycles. The fourth-order valence-corrected chi connectivity index (χ4v) is 1.61. The van der Waals surface area contributed by atoms with Gasteiger partial charge in [-0.05, 0) is 0 Å². The second kappa shape index (κ2) is 4.75. The Labute approximate surface area is 106 Å². The van der Waals surface area contributed by atoms with E-state index in [1.807, 2.05) is 0 Å². The molecule has 1 aromatic carbocycles. The maximum atomic E-state index is 12.3. The largest absolute Gasteiger partial charge is 0.408 e. The summed E-state index contributed by atoms with van der Waals surface area (Å²) in [5.41, 5.74) is 5.51. The summed E-state index contributed by atoms with van der Waals surface area (Å²) in [6, 6.07) is 9.42. The molecule has 0 aliphatic rings. The molecule has 1 aromatic heterocycles. The van der Waals surface area contributed by atoms with E-state index in [-0.39, 0.29) is 11.4 Å². The van der Waals surface area contributed by atoms with Gasteiger partial charge in [0, 0.05) is 11.6 Å². The zero-order chi connectivity index (χ0) is 14.0. The average Bonchev–Trinajstić information content (AvgIpc) is 2.32. The Morgan fingerprint density at radius 1 is 1.21 bits per heavy atom. The zero-order valence-electron chi connectivity index (χ0n) is 9.69. The zero-order valence-corrected chi connectivity index (χ0v) is 9.69. The van der Waals surface area contributed by atoms with Gasteiger partial charge >= 0.3 is 6.18 Å². The molecule has 100 valence electrons. The second-order valence-corrected chi connectivity index (χ2v) is 3.93. The van der Waals surface area contributed by atoms with Crippen LogP contribution in [-0.4, -0.2) is 16.0 Å². The average molecular weight is 269 g/mol. The van der Waals surface area contributed by atoms with E-state index >= 15 is 0 Å². The molecule has 0 unspecified atom stereocenters. The van der Waals surface area contributed by atoms with Gasteiger partial charge in [0.05, 0.1) is 5.69 Å². The van der Waals surface area contributed by atoms with Crippen LogP contribution in [0.25, 0.3) is 11.3 Å². The van der Waals surface area contributed by atoms with Crippen molar-refractivity contribution in [1.82, 2.24) is 9.78 Å². The van der Waals surface area contributed by atoms with Crippen LogP contribution in [0.15, 0.2) is 41.2 Å². The molecule has 0 amide bonds. The Morgan fingerprint density at radius 3 is 2.42 bits per heavy atom. The molecule has 19 heavy (non-hydrogen) atoms. The maximum absolute atomic E-state index is 12.3. The highest BCUT2D eigenvalue weighted by Crippen LogP contribution is 2.22. The summed E-state index contributed by atoms with van der Waals surface area (Å²) in [4.78, 5) is 11.4. The van der Waals surface area contributed by atoms with Crippen molar-refractivity contribution in [2.75, 3.05) is 5.73 Å². The van der Waals surface area contributed by atoms with Crippen molar-refractivity contribution in [1.29, 1.82) is 0 Å². The lowest BCUT2D eigenvalue weighted by Crippen LogP contribution is -2.30. The standard InChI is InChI=1S/C12H10F3N3O/c13-12(14,15)7-18-10(19)6-9(16)11(17-18)8-4-2-1-3-5-8/h1-6H,7,16H2. The molecule has 2 rings (SSSR count). The van der Waals surface area contributed by atoms with Crippen LogP contribution in [0.5, 0.6) is 0 Å². The van der Waals surface area contributed by atoms with Crippen LogP contribution in [0.2, 0.25) is 0 Å². The fraction of sp³-hybridized carbons (Fsp3) is 0.167. The van der Waals surface area contributed by atoms with Gasteiger partial charge in [-0.3, -0.25) is 4.79 Å². The van der Waals surface area contributed by atoms with E-state index in [1.165, 1.54) is 0 Å². The Kier molecular flexibility index (Phi) is 3.28. The van der Waals surface area contributed by atoms with Crippen LogP contribution >= 0.6 is 0 Å². The minimum atomic E-state index is -4.51. The summed E-state index contributed by atoms with van der Waals surface area (Å²) in [5, 5.41) is 3.69. The molecule has 2 N–H and O–H groups in total. The first-order valence-electron chi connectivity index (χ1n) is 5.36. The van der Waals surface area contributed by atoms with Gasteiger partial charge in [0.2, 0.25) is 0 Å². The third kappa shape index (κ3) is 3.12. The molecule has 1 heterocycles. The number of aromatic nitrogens is 2. The highest BCUT2D eigenvalue weighted by molar-refractivity contribution is 5.71. The number of hydrogen-bond acceptors (Lipinski definition) is 3. The number of rotatable bonds is 2. The topological polar surface area (TPSA) is 60.9 Å². The minimum Gasteiger partial charge on any atom is -0.397 e.